The summed E-state index contributed by atoms with van der Waals surface area (Å²) in [4.78, 5) is 42.5. The highest BCUT2D eigenvalue weighted by atomic mass is 32.2. The highest BCUT2D eigenvalue weighted by Gasteiger charge is 2.57. The van der Waals surface area contributed by atoms with Crippen molar-refractivity contribution in [2.24, 2.45) is 5.92 Å². The van der Waals surface area contributed by atoms with E-state index in [2.05, 4.69) is 4.98 Å². The molecule has 3 atom stereocenters. The number of thiazole rings is 1. The van der Waals surface area contributed by atoms with Crippen LogP contribution >= 0.6 is 23.1 Å². The quantitative estimate of drug-likeness (QED) is 0.520. The van der Waals surface area contributed by atoms with Gasteiger partial charge < -0.3 is 14.8 Å². The molecule has 0 radical (unpaired) electrons. The van der Waals surface area contributed by atoms with Gasteiger partial charge in [0.1, 0.15) is 5.25 Å². The van der Waals surface area contributed by atoms with E-state index in [1.807, 2.05) is 0 Å². The smallest absolute Gasteiger partial charge is 0.418 e. The second kappa shape index (κ2) is 7.91. The number of anilines is 1. The Balaban J connectivity index is 1.67. The molecule has 0 unspecified atom stereocenters. The Morgan fingerprint density at radius 3 is 2.53 bits per heavy atom. The van der Waals surface area contributed by atoms with Gasteiger partial charge in [0.15, 0.2) is 11.5 Å². The van der Waals surface area contributed by atoms with Gasteiger partial charge in [-0.25, -0.2) is 4.90 Å². The van der Waals surface area contributed by atoms with E-state index in [0.29, 0.717) is 20.4 Å². The van der Waals surface area contributed by atoms with Crippen molar-refractivity contribution < 1.29 is 32.6 Å². The molecule has 2 N–H and O–H groups in total. The Morgan fingerprint density at radius 2 is 1.82 bits per heavy atom. The highest BCUT2D eigenvalue weighted by Crippen LogP contribution is 2.54. The van der Waals surface area contributed by atoms with Crippen LogP contribution in [0.15, 0.2) is 52.3 Å². The Morgan fingerprint density at radius 1 is 1.09 bits per heavy atom. The van der Waals surface area contributed by atoms with E-state index < -0.39 is 46.3 Å². The topological polar surface area (TPSA) is 99.7 Å². The molecule has 2 aliphatic heterocycles. The molecule has 3 aromatic rings. The molecule has 12 heteroatoms. The van der Waals surface area contributed by atoms with Gasteiger partial charge in [-0.3, -0.25) is 14.4 Å². The minimum atomic E-state index is -4.77. The third kappa shape index (κ3) is 3.40. The number of rotatable bonds is 3. The second-order valence-corrected chi connectivity index (χ2v) is 9.87. The zero-order valence-electron chi connectivity index (χ0n) is 17.3. The first-order valence-electron chi connectivity index (χ1n) is 9.92. The first-order chi connectivity index (χ1) is 16.1. The Labute approximate surface area is 198 Å². The van der Waals surface area contributed by atoms with Gasteiger partial charge in [0, 0.05) is 10.8 Å². The van der Waals surface area contributed by atoms with Gasteiger partial charge in [-0.05, 0) is 29.8 Å². The standard InChI is InChI=1S/C22H15F3N2O5S2/c1-32-13-8-9(6-7-12(13)28)14-15-17(33-18-16(14)34-21(31)26-18)20(30)27(19(15)29)11-5-3-2-4-10(11)22(23,24)25/h2-8,14-15,17,28H,1H3,(H,26,31)/t14-,15-,17+/m0/s1. The van der Waals surface area contributed by atoms with Gasteiger partial charge in [0.2, 0.25) is 11.8 Å². The van der Waals surface area contributed by atoms with E-state index >= 15 is 0 Å². The van der Waals surface area contributed by atoms with E-state index in [9.17, 15) is 32.7 Å². The van der Waals surface area contributed by atoms with Gasteiger partial charge in [0.05, 0.1) is 29.3 Å². The molecule has 5 rings (SSSR count). The molecule has 0 bridgehead atoms. The number of alkyl halides is 3. The van der Waals surface area contributed by atoms with Crippen LogP contribution in [0.4, 0.5) is 18.9 Å². The first-order valence-corrected chi connectivity index (χ1v) is 11.6. The molecule has 1 saturated heterocycles. The molecule has 176 valence electrons. The van der Waals surface area contributed by atoms with E-state index in [1.165, 1.54) is 37.4 Å². The summed E-state index contributed by atoms with van der Waals surface area (Å²) >= 11 is 1.83. The number of imide groups is 1. The predicted molar refractivity (Wildman–Crippen MR) is 119 cm³/mol. The van der Waals surface area contributed by atoms with Crippen LogP contribution in [0.2, 0.25) is 0 Å². The molecule has 2 aliphatic rings. The summed E-state index contributed by atoms with van der Waals surface area (Å²) in [5, 5.41) is 9.34. The predicted octanol–water partition coefficient (Wildman–Crippen LogP) is 3.97. The van der Waals surface area contributed by atoms with Crippen LogP contribution in [-0.2, 0) is 15.8 Å². The number of para-hydroxylation sites is 1. The van der Waals surface area contributed by atoms with Crippen LogP contribution in [0.1, 0.15) is 21.9 Å². The van der Waals surface area contributed by atoms with Gasteiger partial charge in [0.25, 0.3) is 0 Å². The fourth-order valence-electron chi connectivity index (χ4n) is 4.41. The molecule has 0 spiro atoms. The van der Waals surface area contributed by atoms with E-state index in [1.54, 1.807) is 0 Å². The second-order valence-electron chi connectivity index (χ2n) is 7.71. The van der Waals surface area contributed by atoms with Gasteiger partial charge in [-0.1, -0.05) is 41.3 Å². The Hall–Kier alpha value is -3.25. The van der Waals surface area contributed by atoms with Gasteiger partial charge in [-0.2, -0.15) is 13.2 Å². The summed E-state index contributed by atoms with van der Waals surface area (Å²) in [7, 11) is 1.35. The number of hydrogen-bond acceptors (Lipinski definition) is 7. The zero-order valence-corrected chi connectivity index (χ0v) is 18.9. The maximum absolute atomic E-state index is 13.7. The monoisotopic (exact) mass is 508 g/mol. The summed E-state index contributed by atoms with van der Waals surface area (Å²) in [5.74, 6) is -3.48. The third-order valence-corrected chi connectivity index (χ3v) is 8.24. The number of aromatic amines is 1. The third-order valence-electron chi connectivity index (χ3n) is 5.84. The number of aromatic hydroxyl groups is 1. The number of nitrogens with zero attached hydrogens (tertiary/aromatic N) is 1. The van der Waals surface area contributed by atoms with E-state index in [-0.39, 0.29) is 16.4 Å². The molecule has 7 nitrogen and oxygen atoms in total. The number of H-pyrrole nitrogens is 1. The van der Waals surface area contributed by atoms with Crippen LogP contribution < -0.4 is 14.5 Å². The molecule has 3 heterocycles. The molecule has 2 aromatic carbocycles. The summed E-state index contributed by atoms with van der Waals surface area (Å²) in [5.41, 5.74) is -1.14. The molecular formula is C22H15F3N2O5S2. The number of benzene rings is 2. The SMILES string of the molecule is COc1cc([C@@H]2c3sc(=O)[nH]c3S[C@H]3C(=O)N(c4ccccc4C(F)(F)F)C(=O)[C@@H]23)ccc1O. The number of phenols is 1. The minimum Gasteiger partial charge on any atom is -0.504 e. The molecule has 34 heavy (non-hydrogen) atoms. The van der Waals surface area contributed by atoms with Crippen molar-refractivity contribution in [3.05, 3.63) is 68.1 Å². The van der Waals surface area contributed by atoms with Gasteiger partial charge in [-0.15, -0.1) is 0 Å². The van der Waals surface area contributed by atoms with Crippen molar-refractivity contribution in [2.45, 2.75) is 22.4 Å². The van der Waals surface area contributed by atoms with Crippen LogP contribution in [-0.4, -0.2) is 34.3 Å². The van der Waals surface area contributed by atoms with Crippen LogP contribution in [0, 0.1) is 5.92 Å². The van der Waals surface area contributed by atoms with Crippen LogP contribution in [0.25, 0.3) is 0 Å². The molecule has 1 aromatic heterocycles. The summed E-state index contributed by atoms with van der Waals surface area (Å²) < 4.78 is 46.2. The van der Waals surface area contributed by atoms with E-state index in [4.69, 9.17) is 4.74 Å². The normalized spacial score (nSPS) is 22.0. The largest absolute Gasteiger partial charge is 0.504 e. The molecule has 1 fully saturated rings. The van der Waals surface area contributed by atoms with Crippen LogP contribution in [0.5, 0.6) is 11.5 Å². The summed E-state index contributed by atoms with van der Waals surface area (Å²) in [6.45, 7) is 0. The molecule has 0 aliphatic carbocycles. The average Bonchev–Trinajstić information content (AvgIpc) is 3.28. The lowest BCUT2D eigenvalue weighted by molar-refractivity contribution is -0.137. The number of carbonyl (C=O) groups is 2. The van der Waals surface area contributed by atoms with Crippen molar-refractivity contribution in [1.29, 1.82) is 0 Å². The number of methoxy groups -OCH3 is 1. The van der Waals surface area contributed by atoms with Crippen LogP contribution in [0.3, 0.4) is 0 Å². The number of nitrogens with one attached hydrogen (secondary N) is 1. The van der Waals surface area contributed by atoms with E-state index in [0.717, 1.165) is 35.2 Å². The summed E-state index contributed by atoms with van der Waals surface area (Å²) in [6, 6.07) is 8.82. The number of carbonyl (C=O) groups excluding carboxylic acids is 2. The Kier molecular flexibility index (Phi) is 5.24. The number of phenolic OH excluding ortho intramolecular Hbond substituents is 1. The number of ether oxygens (including phenoxy) is 1. The Bertz CT molecular complexity index is 1380. The maximum atomic E-state index is 13.7. The van der Waals surface area contributed by atoms with Crippen molar-refractivity contribution in [1.82, 2.24) is 4.98 Å². The fourth-order valence-corrected chi connectivity index (χ4v) is 6.92. The highest BCUT2D eigenvalue weighted by molar-refractivity contribution is 8.00. The zero-order chi connectivity index (χ0) is 24.4. The number of amides is 2. The van der Waals surface area contributed by atoms with Gasteiger partial charge >= 0.3 is 11.0 Å². The lowest BCUT2D eigenvalue weighted by Crippen LogP contribution is -2.33. The summed E-state index contributed by atoms with van der Waals surface area (Å²) in [6.07, 6.45) is -4.77. The van der Waals surface area contributed by atoms with Crippen molar-refractivity contribution in [3.8, 4) is 11.5 Å². The number of hydrogen-bond donors (Lipinski definition) is 2. The number of thioether (sulfide) groups is 1. The number of fused-ring (bicyclic) bond motifs is 2. The maximum Gasteiger partial charge on any atom is 0.418 e. The van der Waals surface area contributed by atoms with Crippen molar-refractivity contribution >= 4 is 40.6 Å². The number of aromatic nitrogens is 1. The van der Waals surface area contributed by atoms with Crippen molar-refractivity contribution in [3.63, 3.8) is 0 Å². The molecule has 0 saturated carbocycles. The molecule has 2 amide bonds. The van der Waals surface area contributed by atoms with Crippen molar-refractivity contribution in [2.75, 3.05) is 12.0 Å². The number of halogens is 3. The minimum absolute atomic E-state index is 0.118. The molecular weight excluding hydrogens is 493 g/mol. The lowest BCUT2D eigenvalue weighted by Gasteiger charge is -2.30. The lowest BCUT2D eigenvalue weighted by atomic mass is 9.83. The fraction of sp³-hybridized carbons (Fsp3) is 0.227. The average molecular weight is 508 g/mol. The first kappa shape index (κ1) is 22.5.